The molecule has 0 amide bonds. The number of imidazole rings is 1. The number of aromatic amines is 1. The molecule has 0 aliphatic heterocycles. The number of rotatable bonds is 4. The number of primary sulfonamides is 1. The van der Waals surface area contributed by atoms with Gasteiger partial charge in [0.2, 0.25) is 10.0 Å². The van der Waals surface area contributed by atoms with Gasteiger partial charge in [-0.15, -0.1) is 0 Å². The lowest BCUT2D eigenvalue weighted by Crippen LogP contribution is -2.13. The van der Waals surface area contributed by atoms with E-state index in [9.17, 15) is 8.42 Å². The van der Waals surface area contributed by atoms with Crippen molar-refractivity contribution < 1.29 is 8.42 Å². The number of hydrogen-bond acceptors (Lipinski definition) is 3. The van der Waals surface area contributed by atoms with Crippen LogP contribution in [0.1, 0.15) is 11.4 Å². The first-order valence-electron chi connectivity index (χ1n) is 8.46. The van der Waals surface area contributed by atoms with Crippen LogP contribution >= 0.6 is 15.9 Å². The lowest BCUT2D eigenvalue weighted by molar-refractivity contribution is 0.598. The Morgan fingerprint density at radius 2 is 1.71 bits per heavy atom. The minimum atomic E-state index is -3.81. The van der Waals surface area contributed by atoms with Crippen molar-refractivity contribution in [2.24, 2.45) is 5.14 Å². The molecular formula is C21H16BrN3O2S. The molecule has 4 aromatic rings. The molecule has 0 atom stereocenters. The van der Waals surface area contributed by atoms with Crippen LogP contribution in [-0.4, -0.2) is 18.4 Å². The Bertz CT molecular complexity index is 1290. The Morgan fingerprint density at radius 1 is 0.964 bits per heavy atom. The number of halogens is 1. The molecule has 0 unspecified atom stereocenters. The van der Waals surface area contributed by atoms with Gasteiger partial charge < -0.3 is 4.98 Å². The number of nitrogens with zero attached hydrogens (tertiary/aromatic N) is 1. The summed E-state index contributed by atoms with van der Waals surface area (Å²) in [7, 11) is -3.81. The highest BCUT2D eigenvalue weighted by atomic mass is 79.9. The number of sulfonamides is 1. The molecule has 0 saturated heterocycles. The molecule has 5 nitrogen and oxygen atoms in total. The van der Waals surface area contributed by atoms with E-state index in [1.165, 1.54) is 6.07 Å². The molecule has 140 valence electrons. The summed E-state index contributed by atoms with van der Waals surface area (Å²) >= 11 is 3.42. The minimum absolute atomic E-state index is 0.101. The fourth-order valence-corrected chi connectivity index (χ4v) is 4.00. The molecular weight excluding hydrogens is 438 g/mol. The van der Waals surface area contributed by atoms with Crippen LogP contribution in [0.15, 0.2) is 76.1 Å². The van der Waals surface area contributed by atoms with Crippen LogP contribution in [0.2, 0.25) is 0 Å². The first-order valence-corrected chi connectivity index (χ1v) is 10.8. The van der Waals surface area contributed by atoms with E-state index in [0.717, 1.165) is 32.5 Å². The summed E-state index contributed by atoms with van der Waals surface area (Å²) in [6, 6.07) is 20.2. The summed E-state index contributed by atoms with van der Waals surface area (Å²) in [5.41, 5.74) is 3.99. The Labute approximate surface area is 171 Å². The summed E-state index contributed by atoms with van der Waals surface area (Å²) in [6.45, 7) is 0. The first-order chi connectivity index (χ1) is 13.4. The minimum Gasteiger partial charge on any atom is -0.338 e. The zero-order valence-electron chi connectivity index (χ0n) is 14.6. The fraction of sp³-hybridized carbons (Fsp3) is 0. The third-order valence-corrected chi connectivity index (χ3v) is 5.81. The number of H-pyrrole nitrogens is 1. The monoisotopic (exact) mass is 453 g/mol. The van der Waals surface area contributed by atoms with Gasteiger partial charge in [-0.25, -0.2) is 18.5 Å². The summed E-state index contributed by atoms with van der Waals surface area (Å²) in [6.07, 6.45) is 3.88. The Morgan fingerprint density at radius 3 is 2.46 bits per heavy atom. The maximum absolute atomic E-state index is 11.9. The Balaban J connectivity index is 1.71. The second-order valence-electron chi connectivity index (χ2n) is 6.28. The molecule has 1 aromatic heterocycles. The van der Waals surface area contributed by atoms with Gasteiger partial charge in [-0.05, 0) is 47.5 Å². The van der Waals surface area contributed by atoms with Gasteiger partial charge in [0.1, 0.15) is 5.82 Å². The van der Waals surface area contributed by atoms with Gasteiger partial charge in [0, 0.05) is 10.0 Å². The second kappa shape index (κ2) is 7.35. The van der Waals surface area contributed by atoms with E-state index >= 15 is 0 Å². The molecule has 0 bridgehead atoms. The van der Waals surface area contributed by atoms with E-state index in [1.807, 2.05) is 54.6 Å². The maximum Gasteiger partial charge on any atom is 0.238 e. The van der Waals surface area contributed by atoms with Crippen LogP contribution in [0, 0.1) is 0 Å². The molecule has 1 heterocycles. The molecule has 3 aromatic carbocycles. The lowest BCUT2D eigenvalue weighted by Gasteiger charge is -2.07. The first kappa shape index (κ1) is 18.6. The summed E-state index contributed by atoms with van der Waals surface area (Å²) in [5.74, 6) is 0.717. The second-order valence-corrected chi connectivity index (χ2v) is 8.73. The molecule has 0 fully saturated rings. The molecule has 28 heavy (non-hydrogen) atoms. The molecule has 3 N–H and O–H groups in total. The van der Waals surface area contributed by atoms with Crippen molar-refractivity contribution >= 4 is 49.1 Å². The van der Waals surface area contributed by atoms with Gasteiger partial charge in [0.05, 0.1) is 15.9 Å². The van der Waals surface area contributed by atoms with Gasteiger partial charge in [-0.1, -0.05) is 58.4 Å². The predicted octanol–water partition coefficient (Wildman–Crippen LogP) is 4.81. The van der Waals surface area contributed by atoms with Gasteiger partial charge >= 0.3 is 0 Å². The standard InChI is InChI=1S/C21H16BrN3O2S/c22-16-9-5-14(6-10-16)7-12-21-24-18-11-8-15(13-19(18)25-21)17-3-1-2-4-20(17)28(23,26)27/h1-13H,(H,24,25)(H2,23,26,27)/b12-7+. The number of aromatic nitrogens is 2. The lowest BCUT2D eigenvalue weighted by atomic mass is 10.1. The SMILES string of the molecule is NS(=O)(=O)c1ccccc1-c1ccc2nc(/C=C/c3ccc(Br)cc3)[nH]c2c1. The van der Waals surface area contributed by atoms with E-state index in [0.29, 0.717) is 5.56 Å². The Kier molecular flexibility index (Phi) is 4.89. The highest BCUT2D eigenvalue weighted by Gasteiger charge is 2.15. The van der Waals surface area contributed by atoms with Crippen LogP contribution in [0.4, 0.5) is 0 Å². The Hall–Kier alpha value is -2.74. The highest BCUT2D eigenvalue weighted by molar-refractivity contribution is 9.10. The van der Waals surface area contributed by atoms with Crippen molar-refractivity contribution in [1.29, 1.82) is 0 Å². The molecule has 0 aliphatic rings. The zero-order chi connectivity index (χ0) is 19.7. The van der Waals surface area contributed by atoms with Crippen molar-refractivity contribution in [3.63, 3.8) is 0 Å². The number of nitrogens with one attached hydrogen (secondary N) is 1. The average molecular weight is 454 g/mol. The van der Waals surface area contributed by atoms with E-state index in [1.54, 1.807) is 18.2 Å². The smallest absolute Gasteiger partial charge is 0.238 e. The van der Waals surface area contributed by atoms with Crippen LogP contribution in [0.25, 0.3) is 34.3 Å². The van der Waals surface area contributed by atoms with E-state index in [4.69, 9.17) is 5.14 Å². The van der Waals surface area contributed by atoms with Crippen molar-refractivity contribution in [3.8, 4) is 11.1 Å². The van der Waals surface area contributed by atoms with Crippen LogP contribution in [0.3, 0.4) is 0 Å². The molecule has 0 aliphatic carbocycles. The number of benzene rings is 3. The van der Waals surface area contributed by atoms with Crippen molar-refractivity contribution in [3.05, 3.63) is 82.6 Å². The van der Waals surface area contributed by atoms with Crippen LogP contribution in [-0.2, 0) is 10.0 Å². The van der Waals surface area contributed by atoms with Crippen molar-refractivity contribution in [2.75, 3.05) is 0 Å². The van der Waals surface area contributed by atoms with Crippen molar-refractivity contribution in [2.45, 2.75) is 4.90 Å². The molecule has 7 heteroatoms. The molecule has 4 rings (SSSR count). The van der Waals surface area contributed by atoms with Gasteiger partial charge in [-0.2, -0.15) is 0 Å². The van der Waals surface area contributed by atoms with Gasteiger partial charge in [0.25, 0.3) is 0 Å². The third kappa shape index (κ3) is 3.91. The molecule has 0 spiro atoms. The van der Waals surface area contributed by atoms with E-state index in [-0.39, 0.29) is 4.90 Å². The third-order valence-electron chi connectivity index (χ3n) is 4.31. The summed E-state index contributed by atoms with van der Waals surface area (Å²) in [5, 5.41) is 5.36. The summed E-state index contributed by atoms with van der Waals surface area (Å²) < 4.78 is 24.8. The predicted molar refractivity (Wildman–Crippen MR) is 116 cm³/mol. The maximum atomic E-state index is 11.9. The van der Waals surface area contributed by atoms with Crippen LogP contribution in [0.5, 0.6) is 0 Å². The number of fused-ring (bicyclic) bond motifs is 1. The van der Waals surface area contributed by atoms with Crippen molar-refractivity contribution in [1.82, 2.24) is 9.97 Å². The topological polar surface area (TPSA) is 88.8 Å². The fourth-order valence-electron chi connectivity index (χ4n) is 2.98. The normalized spacial score (nSPS) is 12.1. The zero-order valence-corrected chi connectivity index (χ0v) is 17.0. The number of nitrogens with two attached hydrogens (primary N) is 1. The quantitative estimate of drug-likeness (QED) is 0.464. The molecule has 0 saturated carbocycles. The van der Waals surface area contributed by atoms with E-state index in [2.05, 4.69) is 25.9 Å². The average Bonchev–Trinajstić information content (AvgIpc) is 3.09. The van der Waals surface area contributed by atoms with Gasteiger partial charge in [0.15, 0.2) is 0 Å². The molecule has 0 radical (unpaired) electrons. The van der Waals surface area contributed by atoms with Gasteiger partial charge in [-0.3, -0.25) is 0 Å². The highest BCUT2D eigenvalue weighted by Crippen LogP contribution is 2.29. The van der Waals surface area contributed by atoms with Crippen LogP contribution < -0.4 is 5.14 Å². The van der Waals surface area contributed by atoms with E-state index < -0.39 is 10.0 Å². The largest absolute Gasteiger partial charge is 0.338 e. The summed E-state index contributed by atoms with van der Waals surface area (Å²) in [4.78, 5) is 7.92. The number of hydrogen-bond donors (Lipinski definition) is 2.